The van der Waals surface area contributed by atoms with E-state index in [1.165, 1.54) is 12.1 Å². The van der Waals surface area contributed by atoms with Crippen LogP contribution < -0.4 is 5.73 Å². The van der Waals surface area contributed by atoms with Crippen LogP contribution >= 0.6 is 11.6 Å². The third-order valence-corrected chi connectivity index (χ3v) is 3.19. The predicted octanol–water partition coefficient (Wildman–Crippen LogP) is 3.78. The van der Waals surface area contributed by atoms with Crippen LogP contribution in [-0.4, -0.2) is 10.1 Å². The fourth-order valence-corrected chi connectivity index (χ4v) is 2.22. The summed E-state index contributed by atoms with van der Waals surface area (Å²) in [6.07, 6.45) is 3.27. The van der Waals surface area contributed by atoms with Crippen LogP contribution in [0.3, 0.4) is 0 Å². The molecule has 0 amide bonds. The van der Waals surface area contributed by atoms with Crippen molar-refractivity contribution in [1.29, 1.82) is 0 Å². The molecule has 0 radical (unpaired) electrons. The van der Waals surface area contributed by atoms with E-state index in [-0.39, 0.29) is 10.9 Å². The molecule has 4 nitrogen and oxygen atoms in total. The lowest BCUT2D eigenvalue weighted by Gasteiger charge is -2.04. The van der Waals surface area contributed by atoms with E-state index in [4.69, 9.17) is 21.9 Å². The highest BCUT2D eigenvalue weighted by atomic mass is 35.5. The standard InChI is InChI=1S/C14H9ClFN3O/c15-11-7-9(16)1-2-10(11)13-12(14(17)20-19-13)8-3-5-18-6-4-8/h1-7H,17H2. The first-order valence-electron chi connectivity index (χ1n) is 5.78. The molecule has 0 saturated heterocycles. The highest BCUT2D eigenvalue weighted by Crippen LogP contribution is 2.38. The smallest absolute Gasteiger partial charge is 0.230 e. The van der Waals surface area contributed by atoms with Gasteiger partial charge in [-0.05, 0) is 35.9 Å². The summed E-state index contributed by atoms with van der Waals surface area (Å²) in [5.41, 5.74) is 8.26. The Labute approximate surface area is 119 Å². The average molecular weight is 290 g/mol. The molecule has 3 rings (SSSR count). The van der Waals surface area contributed by atoms with Crippen molar-refractivity contribution in [1.82, 2.24) is 10.1 Å². The van der Waals surface area contributed by atoms with Crippen LogP contribution in [0.25, 0.3) is 22.4 Å². The summed E-state index contributed by atoms with van der Waals surface area (Å²) < 4.78 is 18.2. The lowest BCUT2D eigenvalue weighted by atomic mass is 10.0. The minimum absolute atomic E-state index is 0.173. The molecule has 100 valence electrons. The van der Waals surface area contributed by atoms with E-state index in [0.29, 0.717) is 16.8 Å². The molecule has 0 aliphatic heterocycles. The van der Waals surface area contributed by atoms with E-state index in [1.807, 2.05) is 0 Å². The topological polar surface area (TPSA) is 64.9 Å². The molecule has 0 aliphatic carbocycles. The molecule has 1 aromatic carbocycles. The lowest BCUT2D eigenvalue weighted by Crippen LogP contribution is -1.89. The largest absolute Gasteiger partial charge is 0.367 e. The Morgan fingerprint density at radius 1 is 1.15 bits per heavy atom. The van der Waals surface area contributed by atoms with Gasteiger partial charge in [0, 0.05) is 18.0 Å². The maximum atomic E-state index is 13.1. The van der Waals surface area contributed by atoms with E-state index in [0.717, 1.165) is 5.56 Å². The normalized spacial score (nSPS) is 10.7. The number of pyridine rings is 1. The van der Waals surface area contributed by atoms with Gasteiger partial charge in [-0.15, -0.1) is 0 Å². The van der Waals surface area contributed by atoms with Crippen LogP contribution in [0.1, 0.15) is 0 Å². The quantitative estimate of drug-likeness (QED) is 0.780. The highest BCUT2D eigenvalue weighted by molar-refractivity contribution is 6.33. The second kappa shape index (κ2) is 4.94. The predicted molar refractivity (Wildman–Crippen MR) is 74.6 cm³/mol. The van der Waals surface area contributed by atoms with Gasteiger partial charge < -0.3 is 10.3 Å². The van der Waals surface area contributed by atoms with Gasteiger partial charge in [0.15, 0.2) is 0 Å². The van der Waals surface area contributed by atoms with Crippen LogP contribution in [0.4, 0.5) is 10.3 Å². The summed E-state index contributed by atoms with van der Waals surface area (Å²) in [5, 5.41) is 4.17. The number of halogens is 2. The number of hydrogen-bond acceptors (Lipinski definition) is 4. The fraction of sp³-hybridized carbons (Fsp3) is 0. The van der Waals surface area contributed by atoms with E-state index >= 15 is 0 Å². The van der Waals surface area contributed by atoms with Crippen LogP contribution in [0, 0.1) is 5.82 Å². The van der Waals surface area contributed by atoms with Gasteiger partial charge in [-0.3, -0.25) is 4.98 Å². The van der Waals surface area contributed by atoms with Gasteiger partial charge in [0.05, 0.1) is 10.6 Å². The zero-order valence-electron chi connectivity index (χ0n) is 10.2. The van der Waals surface area contributed by atoms with Crippen molar-refractivity contribution in [3.63, 3.8) is 0 Å². The van der Waals surface area contributed by atoms with E-state index in [2.05, 4.69) is 10.1 Å². The van der Waals surface area contributed by atoms with Crippen LogP contribution in [-0.2, 0) is 0 Å². The fourth-order valence-electron chi connectivity index (χ4n) is 1.97. The molecule has 6 heteroatoms. The molecular formula is C14H9ClFN3O. The summed E-state index contributed by atoms with van der Waals surface area (Å²) in [6.45, 7) is 0. The monoisotopic (exact) mass is 289 g/mol. The molecule has 3 aromatic rings. The van der Waals surface area contributed by atoms with Crippen LogP contribution in [0.15, 0.2) is 47.2 Å². The third-order valence-electron chi connectivity index (χ3n) is 2.87. The second-order valence-electron chi connectivity index (χ2n) is 4.13. The maximum Gasteiger partial charge on any atom is 0.230 e. The van der Waals surface area contributed by atoms with Gasteiger partial charge in [0.25, 0.3) is 0 Å². The van der Waals surface area contributed by atoms with Crippen LogP contribution in [0.2, 0.25) is 5.02 Å². The van der Waals surface area contributed by atoms with Crippen molar-refractivity contribution >= 4 is 17.5 Å². The zero-order valence-corrected chi connectivity index (χ0v) is 10.9. The first-order valence-corrected chi connectivity index (χ1v) is 6.15. The van der Waals surface area contributed by atoms with E-state index < -0.39 is 5.82 Å². The average Bonchev–Trinajstić information content (AvgIpc) is 2.81. The van der Waals surface area contributed by atoms with Crippen molar-refractivity contribution in [3.8, 4) is 22.4 Å². The number of nitrogen functional groups attached to an aromatic ring is 1. The van der Waals surface area contributed by atoms with E-state index in [9.17, 15) is 4.39 Å². The molecule has 20 heavy (non-hydrogen) atoms. The molecule has 0 fully saturated rings. The highest BCUT2D eigenvalue weighted by Gasteiger charge is 2.19. The maximum absolute atomic E-state index is 13.1. The van der Waals surface area contributed by atoms with Crippen molar-refractivity contribution in [2.75, 3.05) is 5.73 Å². The number of nitrogens with two attached hydrogens (primary N) is 1. The summed E-state index contributed by atoms with van der Waals surface area (Å²) >= 11 is 6.06. The summed E-state index contributed by atoms with van der Waals surface area (Å²) in [6, 6.07) is 7.63. The summed E-state index contributed by atoms with van der Waals surface area (Å²) in [4.78, 5) is 3.95. The number of rotatable bonds is 2. The number of benzene rings is 1. The summed E-state index contributed by atoms with van der Waals surface area (Å²) in [5.74, 6) is -0.243. The molecule has 0 atom stereocenters. The molecular weight excluding hydrogens is 281 g/mol. The minimum atomic E-state index is -0.416. The lowest BCUT2D eigenvalue weighted by molar-refractivity contribution is 0.439. The van der Waals surface area contributed by atoms with Crippen molar-refractivity contribution in [2.45, 2.75) is 0 Å². The van der Waals surface area contributed by atoms with Gasteiger partial charge in [0.1, 0.15) is 11.5 Å². The second-order valence-corrected chi connectivity index (χ2v) is 4.54. The minimum Gasteiger partial charge on any atom is -0.367 e. The third kappa shape index (κ3) is 2.12. The zero-order chi connectivity index (χ0) is 14.1. The number of hydrogen-bond donors (Lipinski definition) is 1. The molecule has 0 saturated carbocycles. The number of aromatic nitrogens is 2. The number of anilines is 1. The van der Waals surface area contributed by atoms with Gasteiger partial charge in [-0.25, -0.2) is 4.39 Å². The van der Waals surface area contributed by atoms with Crippen molar-refractivity contribution in [2.24, 2.45) is 0 Å². The Bertz CT molecular complexity index is 758. The van der Waals surface area contributed by atoms with Gasteiger partial charge >= 0.3 is 0 Å². The van der Waals surface area contributed by atoms with Gasteiger partial charge in [0.2, 0.25) is 5.88 Å². The van der Waals surface area contributed by atoms with Crippen LogP contribution in [0.5, 0.6) is 0 Å². The number of nitrogens with zero attached hydrogens (tertiary/aromatic N) is 2. The summed E-state index contributed by atoms with van der Waals surface area (Å²) in [7, 11) is 0. The molecule has 0 bridgehead atoms. The molecule has 0 spiro atoms. The molecule has 2 heterocycles. The van der Waals surface area contributed by atoms with E-state index in [1.54, 1.807) is 30.6 Å². The SMILES string of the molecule is Nc1onc(-c2ccc(F)cc2Cl)c1-c1ccncc1. The van der Waals surface area contributed by atoms with Crippen molar-refractivity contribution in [3.05, 3.63) is 53.6 Å². The molecule has 0 aliphatic rings. The van der Waals surface area contributed by atoms with Crippen molar-refractivity contribution < 1.29 is 8.91 Å². The Kier molecular flexibility index (Phi) is 3.12. The van der Waals surface area contributed by atoms with Gasteiger partial charge in [-0.2, -0.15) is 0 Å². The Morgan fingerprint density at radius 3 is 2.60 bits per heavy atom. The molecule has 2 N–H and O–H groups in total. The first kappa shape index (κ1) is 12.6. The Morgan fingerprint density at radius 2 is 1.90 bits per heavy atom. The Hall–Kier alpha value is -2.40. The Balaban J connectivity index is 2.21. The van der Waals surface area contributed by atoms with Gasteiger partial charge in [-0.1, -0.05) is 16.8 Å². The molecule has 2 aromatic heterocycles. The first-order chi connectivity index (χ1) is 9.66. The molecule has 0 unspecified atom stereocenters.